The molecular weight excluding hydrogens is 460 g/mol. The minimum Gasteiger partial charge on any atom is -0.338 e. The summed E-state index contributed by atoms with van der Waals surface area (Å²) in [6, 6.07) is 36.8. The number of aryl methyl sites for hydroxylation is 1. The third-order valence-corrected chi connectivity index (χ3v) is 6.06. The van der Waals surface area contributed by atoms with E-state index in [0.717, 1.165) is 22.6 Å². The lowest BCUT2D eigenvalue weighted by Crippen LogP contribution is -2.23. The van der Waals surface area contributed by atoms with Crippen LogP contribution in [0, 0.1) is 6.92 Å². The Balaban J connectivity index is 1.63. The number of anilines is 4. The molecule has 0 saturated heterocycles. The minimum absolute atomic E-state index is 0.230. The van der Waals surface area contributed by atoms with E-state index < -0.39 is 0 Å². The van der Waals surface area contributed by atoms with Crippen LogP contribution in [0.2, 0.25) is 0 Å². The van der Waals surface area contributed by atoms with Crippen molar-refractivity contribution in [3.63, 3.8) is 0 Å². The number of fused-ring (bicyclic) bond motifs is 1. The lowest BCUT2D eigenvalue weighted by atomic mass is 10.2. The molecule has 6 rings (SSSR count). The summed E-state index contributed by atoms with van der Waals surface area (Å²) < 4.78 is 3.30. The Hall–Kier alpha value is -5.17. The van der Waals surface area contributed by atoms with Crippen molar-refractivity contribution in [1.82, 2.24) is 19.3 Å². The van der Waals surface area contributed by atoms with E-state index in [1.54, 1.807) is 9.25 Å². The second-order valence-electron chi connectivity index (χ2n) is 8.69. The second kappa shape index (κ2) is 9.47. The lowest BCUT2D eigenvalue weighted by molar-refractivity contribution is 0.891. The summed E-state index contributed by atoms with van der Waals surface area (Å²) in [6.45, 7) is 2.03. The molecule has 0 radical (unpaired) electrons. The van der Waals surface area contributed by atoms with Crippen molar-refractivity contribution < 1.29 is 0 Å². The Kier molecular flexibility index (Phi) is 5.71. The first kappa shape index (κ1) is 22.3. The first-order chi connectivity index (χ1) is 18.2. The molecule has 4 aromatic carbocycles. The molecule has 0 bridgehead atoms. The van der Waals surface area contributed by atoms with E-state index in [-0.39, 0.29) is 5.56 Å². The van der Waals surface area contributed by atoms with Gasteiger partial charge < -0.3 is 10.6 Å². The summed E-state index contributed by atoms with van der Waals surface area (Å²) in [6.07, 6.45) is 0. The fourth-order valence-corrected chi connectivity index (χ4v) is 4.23. The number of nitrogens with zero attached hydrogens (tertiary/aromatic N) is 4. The Morgan fingerprint density at radius 1 is 0.649 bits per heavy atom. The van der Waals surface area contributed by atoms with Gasteiger partial charge in [0.2, 0.25) is 5.95 Å². The maximum absolute atomic E-state index is 14.2. The number of hydrogen-bond acceptors (Lipinski definition) is 5. The molecule has 2 aromatic heterocycles. The van der Waals surface area contributed by atoms with Crippen molar-refractivity contribution in [1.29, 1.82) is 0 Å². The largest absolute Gasteiger partial charge is 0.338 e. The van der Waals surface area contributed by atoms with Crippen molar-refractivity contribution in [2.45, 2.75) is 6.92 Å². The number of aromatic nitrogens is 4. The number of para-hydroxylation sites is 3. The highest BCUT2D eigenvalue weighted by Gasteiger charge is 2.22. The predicted molar refractivity (Wildman–Crippen MR) is 149 cm³/mol. The summed E-state index contributed by atoms with van der Waals surface area (Å²) in [7, 11) is 0. The summed E-state index contributed by atoms with van der Waals surface area (Å²) in [4.78, 5) is 19.2. The summed E-state index contributed by atoms with van der Waals surface area (Å²) in [5.74, 6) is 0.838. The minimum atomic E-state index is -0.230. The van der Waals surface area contributed by atoms with Crippen LogP contribution in [-0.4, -0.2) is 19.3 Å². The number of nitrogens with one attached hydrogen (secondary N) is 2. The molecular formula is C30H24N6O. The molecule has 0 saturated carbocycles. The SMILES string of the molecule is Cc1ccc(Nc2nn(-c3ccccc3)c3nc(Nc4ccccc4)n(-c4ccccc4)c(=O)c23)cc1. The molecule has 6 aromatic rings. The van der Waals surface area contributed by atoms with E-state index >= 15 is 0 Å². The maximum Gasteiger partial charge on any atom is 0.272 e. The van der Waals surface area contributed by atoms with Gasteiger partial charge in [-0.3, -0.25) is 4.79 Å². The first-order valence-electron chi connectivity index (χ1n) is 12.0. The third-order valence-electron chi connectivity index (χ3n) is 6.06. The number of benzene rings is 4. The average Bonchev–Trinajstić information content (AvgIpc) is 3.30. The molecule has 7 heteroatoms. The van der Waals surface area contributed by atoms with Gasteiger partial charge in [-0.15, -0.1) is 5.10 Å². The molecule has 0 aliphatic heterocycles. The molecule has 180 valence electrons. The van der Waals surface area contributed by atoms with E-state index in [4.69, 9.17) is 10.1 Å². The standard InChI is InChI=1S/C30H24N6O/c1-21-17-19-23(20-18-21)31-27-26-28(36(34-27)25-15-9-4-10-16-25)33-30(32-22-11-5-2-6-12-22)35(29(26)37)24-13-7-3-8-14-24/h2-20H,1H3,(H,31,34)(H,32,33). The van der Waals surface area contributed by atoms with Gasteiger partial charge in [0.25, 0.3) is 5.56 Å². The Labute approximate surface area is 213 Å². The molecule has 0 fully saturated rings. The highest BCUT2D eigenvalue weighted by molar-refractivity contribution is 5.91. The van der Waals surface area contributed by atoms with Gasteiger partial charge >= 0.3 is 0 Å². The molecule has 0 amide bonds. The fraction of sp³-hybridized carbons (Fsp3) is 0.0333. The zero-order chi connectivity index (χ0) is 25.2. The Morgan fingerprint density at radius 2 is 1.22 bits per heavy atom. The van der Waals surface area contributed by atoms with Crippen LogP contribution >= 0.6 is 0 Å². The highest BCUT2D eigenvalue weighted by atomic mass is 16.1. The van der Waals surface area contributed by atoms with E-state index in [1.807, 2.05) is 122 Å². The highest BCUT2D eigenvalue weighted by Crippen LogP contribution is 2.28. The normalized spacial score (nSPS) is 10.9. The maximum atomic E-state index is 14.2. The van der Waals surface area contributed by atoms with Crippen LogP contribution in [0.5, 0.6) is 0 Å². The molecule has 0 aliphatic rings. The van der Waals surface area contributed by atoms with Crippen LogP contribution < -0.4 is 16.2 Å². The van der Waals surface area contributed by atoms with Crippen molar-refractivity contribution in [3.05, 3.63) is 131 Å². The van der Waals surface area contributed by atoms with Gasteiger partial charge in [0.15, 0.2) is 11.5 Å². The summed E-state index contributed by atoms with van der Waals surface area (Å²) in [5.41, 5.74) is 4.54. The summed E-state index contributed by atoms with van der Waals surface area (Å²) >= 11 is 0. The number of hydrogen-bond donors (Lipinski definition) is 2. The van der Waals surface area contributed by atoms with Gasteiger partial charge in [0, 0.05) is 11.4 Å². The van der Waals surface area contributed by atoms with Gasteiger partial charge in [-0.25, -0.2) is 9.25 Å². The molecule has 0 aliphatic carbocycles. The Morgan fingerprint density at radius 3 is 1.86 bits per heavy atom. The lowest BCUT2D eigenvalue weighted by Gasteiger charge is -2.14. The smallest absolute Gasteiger partial charge is 0.272 e. The van der Waals surface area contributed by atoms with Gasteiger partial charge in [0.1, 0.15) is 5.39 Å². The van der Waals surface area contributed by atoms with Crippen molar-refractivity contribution in [2.75, 3.05) is 10.6 Å². The van der Waals surface area contributed by atoms with Gasteiger partial charge in [0.05, 0.1) is 11.4 Å². The zero-order valence-electron chi connectivity index (χ0n) is 20.2. The Bertz CT molecular complexity index is 1730. The van der Waals surface area contributed by atoms with E-state index in [0.29, 0.717) is 28.5 Å². The van der Waals surface area contributed by atoms with Gasteiger partial charge in [-0.2, -0.15) is 4.98 Å². The van der Waals surface area contributed by atoms with Crippen LogP contribution in [0.3, 0.4) is 0 Å². The van der Waals surface area contributed by atoms with Crippen molar-refractivity contribution in [3.8, 4) is 11.4 Å². The van der Waals surface area contributed by atoms with Gasteiger partial charge in [-0.05, 0) is 55.5 Å². The molecule has 37 heavy (non-hydrogen) atoms. The second-order valence-corrected chi connectivity index (χ2v) is 8.69. The molecule has 2 N–H and O–H groups in total. The van der Waals surface area contributed by atoms with Crippen molar-refractivity contribution >= 4 is 34.2 Å². The van der Waals surface area contributed by atoms with E-state index in [9.17, 15) is 4.79 Å². The quantitative estimate of drug-likeness (QED) is 0.287. The molecule has 0 spiro atoms. The van der Waals surface area contributed by atoms with Gasteiger partial charge in [-0.1, -0.05) is 72.3 Å². The van der Waals surface area contributed by atoms with Crippen molar-refractivity contribution in [2.24, 2.45) is 0 Å². The molecule has 2 heterocycles. The topological polar surface area (TPSA) is 76.8 Å². The van der Waals surface area contributed by atoms with Crippen LogP contribution in [0.1, 0.15) is 5.56 Å². The molecule has 0 atom stereocenters. The van der Waals surface area contributed by atoms with Crippen LogP contribution in [-0.2, 0) is 0 Å². The van der Waals surface area contributed by atoms with E-state index in [1.165, 1.54) is 0 Å². The van der Waals surface area contributed by atoms with Crippen LogP contribution in [0.4, 0.5) is 23.1 Å². The average molecular weight is 485 g/mol. The zero-order valence-corrected chi connectivity index (χ0v) is 20.2. The monoisotopic (exact) mass is 484 g/mol. The van der Waals surface area contributed by atoms with Crippen LogP contribution in [0.15, 0.2) is 120 Å². The number of rotatable bonds is 6. The molecule has 7 nitrogen and oxygen atoms in total. The predicted octanol–water partition coefficient (Wildman–Crippen LogP) is 6.37. The molecule has 0 unspecified atom stereocenters. The van der Waals surface area contributed by atoms with Crippen LogP contribution in [0.25, 0.3) is 22.4 Å². The fourth-order valence-electron chi connectivity index (χ4n) is 4.23. The third kappa shape index (κ3) is 4.34. The van der Waals surface area contributed by atoms with E-state index in [2.05, 4.69) is 10.6 Å². The first-order valence-corrected chi connectivity index (χ1v) is 12.0. The summed E-state index contributed by atoms with van der Waals surface area (Å²) in [5, 5.41) is 11.9.